The van der Waals surface area contributed by atoms with Crippen LogP contribution < -0.4 is 5.73 Å². The van der Waals surface area contributed by atoms with Gasteiger partial charge in [0.2, 0.25) is 0 Å². The lowest BCUT2D eigenvalue weighted by molar-refractivity contribution is 0.279. The van der Waals surface area contributed by atoms with Crippen LogP contribution in [0.15, 0.2) is 0 Å². The Hall–Kier alpha value is 0.260. The van der Waals surface area contributed by atoms with Crippen molar-refractivity contribution in [3.8, 4) is 0 Å². The summed E-state index contributed by atoms with van der Waals surface area (Å²) in [6.07, 6.45) is 3.57. The van der Waals surface area contributed by atoms with Crippen molar-refractivity contribution >= 4 is 21.6 Å². The molecule has 96 valence electrons. The van der Waals surface area contributed by atoms with Gasteiger partial charge in [-0.15, -0.1) is 0 Å². The van der Waals surface area contributed by atoms with Crippen molar-refractivity contribution in [2.45, 2.75) is 38.0 Å². The number of thioether (sulfide) groups is 1. The first kappa shape index (κ1) is 14.3. The summed E-state index contributed by atoms with van der Waals surface area (Å²) in [6, 6.07) is 0.225. The molecule has 0 heterocycles. The second-order valence-corrected chi connectivity index (χ2v) is 8.73. The van der Waals surface area contributed by atoms with Crippen molar-refractivity contribution in [3.05, 3.63) is 0 Å². The molecule has 4 unspecified atom stereocenters. The van der Waals surface area contributed by atoms with E-state index in [1.807, 2.05) is 0 Å². The molecule has 16 heavy (non-hydrogen) atoms. The van der Waals surface area contributed by atoms with Gasteiger partial charge in [0.1, 0.15) is 9.84 Å². The Kier molecular flexibility index (Phi) is 5.13. The number of sulfone groups is 1. The molecule has 0 aromatic rings. The van der Waals surface area contributed by atoms with Crippen LogP contribution in [0.1, 0.15) is 26.7 Å². The average molecular weight is 265 g/mol. The second kappa shape index (κ2) is 5.74. The first-order chi connectivity index (χ1) is 7.29. The van der Waals surface area contributed by atoms with E-state index >= 15 is 0 Å². The van der Waals surface area contributed by atoms with Crippen LogP contribution in [0.2, 0.25) is 0 Å². The Labute approximate surface area is 103 Å². The molecule has 0 spiro atoms. The number of nitrogens with two attached hydrogens (primary N) is 1. The Morgan fingerprint density at radius 3 is 2.44 bits per heavy atom. The predicted octanol–water partition coefficient (Wildman–Crippen LogP) is 1.53. The van der Waals surface area contributed by atoms with Gasteiger partial charge in [-0.3, -0.25) is 0 Å². The molecule has 1 aliphatic rings. The zero-order chi connectivity index (χ0) is 12.3. The van der Waals surface area contributed by atoms with E-state index < -0.39 is 9.84 Å². The molecule has 0 amide bonds. The van der Waals surface area contributed by atoms with Gasteiger partial charge in [-0.25, -0.2) is 8.42 Å². The second-order valence-electron chi connectivity index (χ2n) is 5.18. The molecule has 0 aromatic heterocycles. The van der Waals surface area contributed by atoms with Crippen LogP contribution in [0.4, 0.5) is 0 Å². The van der Waals surface area contributed by atoms with Crippen LogP contribution in [0.5, 0.6) is 0 Å². The summed E-state index contributed by atoms with van der Waals surface area (Å²) < 4.78 is 22.1. The minimum atomic E-state index is -2.83. The minimum absolute atomic E-state index is 0.225. The molecule has 4 atom stereocenters. The Bertz CT molecular complexity index is 304. The van der Waals surface area contributed by atoms with Gasteiger partial charge in [0.05, 0.1) is 5.75 Å². The quantitative estimate of drug-likeness (QED) is 0.837. The van der Waals surface area contributed by atoms with E-state index in [4.69, 9.17) is 5.73 Å². The third-order valence-electron chi connectivity index (χ3n) is 3.20. The van der Waals surface area contributed by atoms with Crippen LogP contribution in [-0.2, 0) is 9.84 Å². The highest BCUT2D eigenvalue weighted by Crippen LogP contribution is 2.35. The fraction of sp³-hybridized carbons (Fsp3) is 1.00. The molecule has 3 nitrogen and oxygen atoms in total. The molecule has 1 saturated carbocycles. The minimum Gasteiger partial charge on any atom is -0.327 e. The van der Waals surface area contributed by atoms with E-state index in [1.54, 1.807) is 11.8 Å². The monoisotopic (exact) mass is 265 g/mol. The molecular weight excluding hydrogens is 242 g/mol. The van der Waals surface area contributed by atoms with Crippen molar-refractivity contribution in [1.29, 1.82) is 0 Å². The molecule has 1 fully saturated rings. The lowest BCUT2D eigenvalue weighted by Crippen LogP contribution is -2.43. The van der Waals surface area contributed by atoms with Crippen molar-refractivity contribution in [3.63, 3.8) is 0 Å². The molecule has 0 saturated heterocycles. The summed E-state index contributed by atoms with van der Waals surface area (Å²) in [6.45, 7) is 4.47. The third kappa shape index (κ3) is 4.63. The molecule has 1 aliphatic carbocycles. The zero-order valence-electron chi connectivity index (χ0n) is 10.3. The molecule has 1 rings (SSSR count). The Morgan fingerprint density at radius 2 is 1.94 bits per heavy atom. The maximum atomic E-state index is 11.0. The Morgan fingerprint density at radius 1 is 1.31 bits per heavy atom. The Balaban J connectivity index is 2.41. The fourth-order valence-electron chi connectivity index (χ4n) is 2.51. The van der Waals surface area contributed by atoms with Crippen LogP contribution in [0.3, 0.4) is 0 Å². The van der Waals surface area contributed by atoms with E-state index in [-0.39, 0.29) is 11.8 Å². The van der Waals surface area contributed by atoms with Gasteiger partial charge in [-0.05, 0) is 24.7 Å². The van der Waals surface area contributed by atoms with Crippen molar-refractivity contribution in [1.82, 2.24) is 0 Å². The lowest BCUT2D eigenvalue weighted by Gasteiger charge is -2.37. The summed E-state index contributed by atoms with van der Waals surface area (Å²) in [7, 11) is -2.83. The molecule has 0 bridgehead atoms. The first-order valence-corrected chi connectivity index (χ1v) is 8.95. The third-order valence-corrected chi connectivity index (χ3v) is 6.04. The maximum Gasteiger partial charge on any atom is 0.148 e. The van der Waals surface area contributed by atoms with E-state index in [0.717, 1.165) is 6.42 Å². The smallest absolute Gasteiger partial charge is 0.148 e. The summed E-state index contributed by atoms with van der Waals surface area (Å²) in [5.41, 5.74) is 6.14. The normalized spacial score (nSPS) is 36.2. The van der Waals surface area contributed by atoms with Crippen molar-refractivity contribution in [2.24, 2.45) is 17.6 Å². The lowest BCUT2D eigenvalue weighted by atomic mass is 9.80. The summed E-state index contributed by atoms with van der Waals surface area (Å²) in [5.74, 6) is 2.25. The number of hydrogen-bond acceptors (Lipinski definition) is 4. The summed E-state index contributed by atoms with van der Waals surface area (Å²) >= 11 is 1.74. The summed E-state index contributed by atoms with van der Waals surface area (Å²) in [5, 5.41) is 0.429. The predicted molar refractivity (Wildman–Crippen MR) is 71.5 cm³/mol. The largest absolute Gasteiger partial charge is 0.327 e. The van der Waals surface area contributed by atoms with Crippen LogP contribution in [0, 0.1) is 11.8 Å². The standard InChI is InChI=1S/C11H23NO2S2/c1-8-6-9(2)11(10(12)7-8)15-4-5-16(3,13)14/h8-11H,4-7,12H2,1-3H3. The zero-order valence-corrected chi connectivity index (χ0v) is 12.0. The van der Waals surface area contributed by atoms with Crippen LogP contribution in [-0.4, -0.2) is 37.5 Å². The van der Waals surface area contributed by atoms with E-state index in [1.165, 1.54) is 12.7 Å². The van der Waals surface area contributed by atoms with Gasteiger partial charge < -0.3 is 5.73 Å². The topological polar surface area (TPSA) is 60.2 Å². The van der Waals surface area contributed by atoms with Crippen LogP contribution >= 0.6 is 11.8 Å². The summed E-state index contributed by atoms with van der Waals surface area (Å²) in [4.78, 5) is 0. The van der Waals surface area contributed by atoms with Crippen molar-refractivity contribution in [2.75, 3.05) is 17.8 Å². The average Bonchev–Trinajstić information content (AvgIpc) is 2.07. The highest BCUT2D eigenvalue weighted by molar-refractivity contribution is 8.01. The maximum absolute atomic E-state index is 11.0. The highest BCUT2D eigenvalue weighted by Gasteiger charge is 2.31. The molecule has 5 heteroatoms. The number of hydrogen-bond donors (Lipinski definition) is 1. The number of rotatable bonds is 4. The molecule has 2 N–H and O–H groups in total. The van der Waals surface area contributed by atoms with Gasteiger partial charge in [0.15, 0.2) is 0 Å². The SMILES string of the molecule is CC1CC(C)C(SCCS(C)(=O)=O)C(N)C1. The highest BCUT2D eigenvalue weighted by atomic mass is 32.2. The van der Waals surface area contributed by atoms with Crippen LogP contribution in [0.25, 0.3) is 0 Å². The molecular formula is C11H23NO2S2. The van der Waals surface area contributed by atoms with E-state index in [2.05, 4.69) is 13.8 Å². The van der Waals surface area contributed by atoms with Crippen molar-refractivity contribution < 1.29 is 8.42 Å². The van der Waals surface area contributed by atoms with Gasteiger partial charge in [0, 0.05) is 23.3 Å². The molecule has 0 aromatic carbocycles. The molecule has 0 radical (unpaired) electrons. The van der Waals surface area contributed by atoms with Gasteiger partial charge in [-0.2, -0.15) is 11.8 Å². The van der Waals surface area contributed by atoms with Gasteiger partial charge in [0.25, 0.3) is 0 Å². The fourth-order valence-corrected chi connectivity index (χ4v) is 5.18. The molecule has 0 aliphatic heterocycles. The first-order valence-electron chi connectivity index (χ1n) is 5.84. The van der Waals surface area contributed by atoms with Gasteiger partial charge in [-0.1, -0.05) is 13.8 Å². The van der Waals surface area contributed by atoms with E-state index in [9.17, 15) is 8.42 Å². The van der Waals surface area contributed by atoms with Gasteiger partial charge >= 0.3 is 0 Å². The van der Waals surface area contributed by atoms with E-state index in [0.29, 0.717) is 22.8 Å².